The molecule has 0 aromatic heterocycles. The number of nitrogens with two attached hydrogens (primary N) is 1. The maximum atomic E-state index is 11.3. The van der Waals surface area contributed by atoms with Crippen LogP contribution in [0.1, 0.15) is 25.0 Å². The van der Waals surface area contributed by atoms with Gasteiger partial charge in [-0.25, -0.2) is 0 Å². The Morgan fingerprint density at radius 3 is 2.63 bits per heavy atom. The van der Waals surface area contributed by atoms with E-state index in [0.29, 0.717) is 6.54 Å². The van der Waals surface area contributed by atoms with E-state index in [4.69, 9.17) is 15.2 Å². The van der Waals surface area contributed by atoms with Crippen LogP contribution in [0.3, 0.4) is 0 Å². The summed E-state index contributed by atoms with van der Waals surface area (Å²) in [6, 6.07) is 3.97. The molecule has 1 aliphatic heterocycles. The zero-order valence-electron chi connectivity index (χ0n) is 11.6. The van der Waals surface area contributed by atoms with Crippen molar-refractivity contribution in [1.29, 1.82) is 0 Å². The number of fused-ring (bicyclic) bond motifs is 1. The molecule has 5 nitrogen and oxygen atoms in total. The molecule has 1 amide bonds. The molecule has 1 aromatic rings. The smallest absolute Gasteiger partial charge is 0.233 e. The van der Waals surface area contributed by atoms with E-state index >= 15 is 0 Å². The Hall–Kier alpha value is -1.75. The van der Waals surface area contributed by atoms with Crippen molar-refractivity contribution in [2.75, 3.05) is 19.9 Å². The highest BCUT2D eigenvalue weighted by Gasteiger charge is 2.26. The van der Waals surface area contributed by atoms with Crippen molar-refractivity contribution >= 4 is 5.91 Å². The van der Waals surface area contributed by atoms with Crippen LogP contribution in [-0.2, 0) is 10.2 Å². The quantitative estimate of drug-likeness (QED) is 0.853. The molecule has 0 fully saturated rings. The van der Waals surface area contributed by atoms with Gasteiger partial charge in [-0.3, -0.25) is 4.79 Å². The monoisotopic (exact) mass is 264 g/mol. The number of hydrogen-bond donors (Lipinski definition) is 2. The lowest BCUT2D eigenvalue weighted by molar-refractivity contribution is -0.119. The van der Waals surface area contributed by atoms with Gasteiger partial charge in [0.2, 0.25) is 12.7 Å². The van der Waals surface area contributed by atoms with Crippen LogP contribution in [0.2, 0.25) is 0 Å². The Morgan fingerprint density at radius 1 is 1.37 bits per heavy atom. The molecule has 0 atom stereocenters. The first-order chi connectivity index (χ1) is 8.94. The minimum atomic E-state index is -0.199. The molecule has 0 spiro atoms. The maximum absolute atomic E-state index is 11.3. The van der Waals surface area contributed by atoms with Gasteiger partial charge in [-0.15, -0.1) is 0 Å². The number of carbonyl (C=O) groups is 1. The zero-order chi connectivity index (χ0) is 14.0. The van der Waals surface area contributed by atoms with Gasteiger partial charge in [-0.1, -0.05) is 13.8 Å². The highest BCUT2D eigenvalue weighted by molar-refractivity contribution is 5.77. The highest BCUT2D eigenvalue weighted by atomic mass is 16.7. The molecule has 1 aliphatic rings. The Balaban J connectivity index is 2.22. The largest absolute Gasteiger partial charge is 0.454 e. The van der Waals surface area contributed by atoms with Gasteiger partial charge in [0.15, 0.2) is 11.5 Å². The minimum absolute atomic E-state index is 0.0101. The van der Waals surface area contributed by atoms with Gasteiger partial charge >= 0.3 is 0 Å². The third-order valence-corrected chi connectivity index (χ3v) is 3.36. The van der Waals surface area contributed by atoms with Crippen LogP contribution < -0.4 is 20.5 Å². The van der Waals surface area contributed by atoms with Gasteiger partial charge in [0.25, 0.3) is 0 Å². The summed E-state index contributed by atoms with van der Waals surface area (Å²) < 4.78 is 10.8. The average molecular weight is 264 g/mol. The second-order valence-corrected chi connectivity index (χ2v) is 5.39. The topological polar surface area (TPSA) is 73.6 Å². The van der Waals surface area contributed by atoms with Crippen molar-refractivity contribution in [1.82, 2.24) is 5.32 Å². The van der Waals surface area contributed by atoms with E-state index < -0.39 is 0 Å². The molecule has 2 rings (SSSR count). The van der Waals surface area contributed by atoms with E-state index in [-0.39, 0.29) is 24.7 Å². The van der Waals surface area contributed by atoms with Crippen molar-refractivity contribution < 1.29 is 14.3 Å². The van der Waals surface area contributed by atoms with Crippen LogP contribution in [-0.4, -0.2) is 25.8 Å². The number of hydrogen-bond acceptors (Lipinski definition) is 4. The fraction of sp³-hybridized carbons (Fsp3) is 0.500. The third kappa shape index (κ3) is 2.81. The van der Waals surface area contributed by atoms with Gasteiger partial charge in [0, 0.05) is 12.0 Å². The molecule has 1 heterocycles. The van der Waals surface area contributed by atoms with Crippen LogP contribution in [0, 0.1) is 6.92 Å². The van der Waals surface area contributed by atoms with Crippen LogP contribution >= 0.6 is 0 Å². The fourth-order valence-electron chi connectivity index (χ4n) is 2.26. The van der Waals surface area contributed by atoms with E-state index in [1.807, 2.05) is 19.1 Å². The molecular formula is C14H20N2O3. The lowest BCUT2D eigenvalue weighted by Crippen LogP contribution is -2.39. The van der Waals surface area contributed by atoms with Crippen molar-refractivity contribution in [3.63, 3.8) is 0 Å². The maximum Gasteiger partial charge on any atom is 0.233 e. The van der Waals surface area contributed by atoms with Gasteiger partial charge in [0.1, 0.15) is 0 Å². The molecule has 19 heavy (non-hydrogen) atoms. The van der Waals surface area contributed by atoms with Crippen molar-refractivity contribution in [3.05, 3.63) is 23.3 Å². The average Bonchev–Trinajstić information content (AvgIpc) is 2.81. The first kappa shape index (κ1) is 13.7. The number of carbonyl (C=O) groups excluding carboxylic acids is 1. The highest BCUT2D eigenvalue weighted by Crippen LogP contribution is 2.38. The molecule has 0 radical (unpaired) electrons. The minimum Gasteiger partial charge on any atom is -0.454 e. The second-order valence-electron chi connectivity index (χ2n) is 5.39. The number of nitrogens with one attached hydrogen (secondary N) is 1. The molecule has 0 unspecified atom stereocenters. The molecule has 0 saturated carbocycles. The number of rotatable bonds is 4. The standard InChI is InChI=1S/C14H20N2O3/c1-9-4-11-12(19-8-18-11)5-10(9)14(2,3)7-16-13(17)6-15/h4-5H,6-8,15H2,1-3H3,(H,16,17). The normalized spacial score (nSPS) is 13.5. The summed E-state index contributed by atoms with van der Waals surface area (Å²) >= 11 is 0. The fourth-order valence-corrected chi connectivity index (χ4v) is 2.26. The van der Waals surface area contributed by atoms with Gasteiger partial charge in [-0.05, 0) is 30.2 Å². The summed E-state index contributed by atoms with van der Waals surface area (Å²) in [4.78, 5) is 11.3. The SMILES string of the molecule is Cc1cc2c(cc1C(C)(C)CNC(=O)CN)OCO2. The first-order valence-corrected chi connectivity index (χ1v) is 6.31. The summed E-state index contributed by atoms with van der Waals surface area (Å²) in [6.07, 6.45) is 0. The van der Waals surface area contributed by atoms with E-state index in [2.05, 4.69) is 19.2 Å². The van der Waals surface area contributed by atoms with Crippen molar-refractivity contribution in [2.24, 2.45) is 5.73 Å². The number of aryl methyl sites for hydroxylation is 1. The Morgan fingerprint density at radius 2 is 2.00 bits per heavy atom. The lowest BCUT2D eigenvalue weighted by atomic mass is 9.81. The van der Waals surface area contributed by atoms with Crippen LogP contribution in [0.4, 0.5) is 0 Å². The van der Waals surface area contributed by atoms with E-state index in [1.54, 1.807) is 0 Å². The molecule has 0 aliphatic carbocycles. The number of amides is 1. The molecule has 1 aromatic carbocycles. The van der Waals surface area contributed by atoms with E-state index in [9.17, 15) is 4.79 Å². The molecule has 104 valence electrons. The zero-order valence-corrected chi connectivity index (χ0v) is 11.6. The first-order valence-electron chi connectivity index (χ1n) is 6.31. The van der Waals surface area contributed by atoms with Crippen LogP contribution in [0.15, 0.2) is 12.1 Å². The Labute approximate surface area is 113 Å². The van der Waals surface area contributed by atoms with Gasteiger partial charge in [-0.2, -0.15) is 0 Å². The lowest BCUT2D eigenvalue weighted by Gasteiger charge is -2.27. The predicted molar refractivity (Wildman–Crippen MR) is 72.4 cm³/mol. The molecule has 3 N–H and O–H groups in total. The summed E-state index contributed by atoms with van der Waals surface area (Å²) in [5, 5.41) is 2.83. The van der Waals surface area contributed by atoms with E-state index in [1.165, 1.54) is 0 Å². The second kappa shape index (κ2) is 5.09. The summed E-state index contributed by atoms with van der Waals surface area (Å²) in [5.74, 6) is 1.40. The molecule has 0 bridgehead atoms. The molecule has 0 saturated heterocycles. The van der Waals surface area contributed by atoms with Gasteiger partial charge in [0.05, 0.1) is 6.54 Å². The van der Waals surface area contributed by atoms with E-state index in [0.717, 1.165) is 22.6 Å². The number of ether oxygens (including phenoxy) is 2. The molecule has 5 heteroatoms. The van der Waals surface area contributed by atoms with Crippen LogP contribution in [0.25, 0.3) is 0 Å². The van der Waals surface area contributed by atoms with Crippen LogP contribution in [0.5, 0.6) is 11.5 Å². The number of benzene rings is 1. The predicted octanol–water partition coefficient (Wildman–Crippen LogP) is 1.08. The summed E-state index contributed by atoms with van der Waals surface area (Å²) in [6.45, 7) is 6.99. The Bertz CT molecular complexity index is 498. The van der Waals surface area contributed by atoms with Crippen molar-refractivity contribution in [3.8, 4) is 11.5 Å². The summed E-state index contributed by atoms with van der Waals surface area (Å²) in [5.41, 5.74) is 7.35. The Kier molecular flexibility index (Phi) is 3.66. The van der Waals surface area contributed by atoms with Crippen molar-refractivity contribution in [2.45, 2.75) is 26.2 Å². The molecular weight excluding hydrogens is 244 g/mol. The summed E-state index contributed by atoms with van der Waals surface area (Å²) in [7, 11) is 0. The third-order valence-electron chi connectivity index (χ3n) is 3.36. The van der Waals surface area contributed by atoms with Gasteiger partial charge < -0.3 is 20.5 Å².